The van der Waals surface area contributed by atoms with Crippen molar-refractivity contribution in [3.05, 3.63) is 11.6 Å². The van der Waals surface area contributed by atoms with Gasteiger partial charge in [-0.1, -0.05) is 27.2 Å². The van der Waals surface area contributed by atoms with Gasteiger partial charge in [0.2, 0.25) is 5.82 Å². The lowest BCUT2D eigenvalue weighted by molar-refractivity contribution is 0.0938. The zero-order valence-electron chi connectivity index (χ0n) is 9.50. The first-order valence-electron chi connectivity index (χ1n) is 5.36. The third-order valence-corrected chi connectivity index (χ3v) is 2.38. The van der Waals surface area contributed by atoms with Crippen molar-refractivity contribution in [1.29, 1.82) is 0 Å². The molecule has 1 aromatic heterocycles. The highest BCUT2D eigenvalue weighted by Gasteiger charge is 2.11. The van der Waals surface area contributed by atoms with Crippen LogP contribution in [0.4, 0.5) is 0 Å². The second-order valence-electron chi connectivity index (χ2n) is 3.68. The summed E-state index contributed by atoms with van der Waals surface area (Å²) >= 11 is 0. The zero-order valence-corrected chi connectivity index (χ0v) is 9.50. The van der Waals surface area contributed by atoms with Crippen molar-refractivity contribution in [2.24, 2.45) is 5.92 Å². The van der Waals surface area contributed by atoms with Gasteiger partial charge in [-0.25, -0.2) is 4.98 Å². The van der Waals surface area contributed by atoms with E-state index >= 15 is 0 Å². The summed E-state index contributed by atoms with van der Waals surface area (Å²) in [4.78, 5) is 15.6. The molecule has 84 valence electrons. The predicted octanol–water partition coefficient (Wildman–Crippen LogP) is 1.14. The molecule has 0 bridgehead atoms. The van der Waals surface area contributed by atoms with Crippen LogP contribution in [0.3, 0.4) is 0 Å². The molecule has 5 nitrogen and oxygen atoms in total. The molecule has 2 N–H and O–H groups in total. The zero-order chi connectivity index (χ0) is 11.3. The van der Waals surface area contributed by atoms with Crippen molar-refractivity contribution in [3.8, 4) is 0 Å². The average Bonchev–Trinajstić information content (AvgIpc) is 2.73. The maximum absolute atomic E-state index is 11.5. The molecule has 0 fully saturated rings. The van der Waals surface area contributed by atoms with Gasteiger partial charge in [0.25, 0.3) is 5.91 Å². The molecule has 1 rings (SSSR count). The number of aryl methyl sites for hydroxylation is 1. The minimum Gasteiger partial charge on any atom is -0.349 e. The molecule has 0 aliphatic carbocycles. The number of aromatic nitrogens is 3. The fraction of sp³-hybridized carbons (Fsp3) is 0.700. The maximum Gasteiger partial charge on any atom is 0.290 e. The molecule has 5 heteroatoms. The highest BCUT2D eigenvalue weighted by Crippen LogP contribution is 1.98. The van der Waals surface area contributed by atoms with Crippen LogP contribution in [0, 0.1) is 5.92 Å². The van der Waals surface area contributed by atoms with Gasteiger partial charge in [0.15, 0.2) is 0 Å². The summed E-state index contributed by atoms with van der Waals surface area (Å²) in [5.74, 6) is 1.25. The Morgan fingerprint density at radius 3 is 2.80 bits per heavy atom. The number of carbonyl (C=O) groups is 1. The standard InChI is InChI=1S/C10H18N4O/c1-4-7(3)6-11-10(15)9-12-8(5-2)13-14-9/h7H,4-6H2,1-3H3,(H,11,15)(H,12,13,14). The number of hydrogen-bond acceptors (Lipinski definition) is 3. The van der Waals surface area contributed by atoms with Gasteiger partial charge in [-0.2, -0.15) is 0 Å². The number of nitrogens with zero attached hydrogens (tertiary/aromatic N) is 2. The van der Waals surface area contributed by atoms with Gasteiger partial charge >= 0.3 is 0 Å². The van der Waals surface area contributed by atoms with E-state index in [1.165, 1.54) is 0 Å². The van der Waals surface area contributed by atoms with E-state index in [2.05, 4.69) is 34.3 Å². The largest absolute Gasteiger partial charge is 0.349 e. The fourth-order valence-electron chi connectivity index (χ4n) is 1.05. The number of nitrogens with one attached hydrogen (secondary N) is 2. The van der Waals surface area contributed by atoms with Crippen molar-refractivity contribution in [3.63, 3.8) is 0 Å². The van der Waals surface area contributed by atoms with E-state index in [0.717, 1.165) is 18.7 Å². The number of hydrogen-bond donors (Lipinski definition) is 2. The van der Waals surface area contributed by atoms with E-state index in [-0.39, 0.29) is 11.7 Å². The van der Waals surface area contributed by atoms with E-state index in [4.69, 9.17) is 0 Å². The minimum atomic E-state index is -0.203. The molecule has 0 radical (unpaired) electrons. The smallest absolute Gasteiger partial charge is 0.290 e. The summed E-state index contributed by atoms with van der Waals surface area (Å²) in [6.45, 7) is 6.82. The molecular formula is C10H18N4O. The molecule has 1 unspecified atom stereocenters. The van der Waals surface area contributed by atoms with Crippen molar-refractivity contribution in [2.45, 2.75) is 33.6 Å². The van der Waals surface area contributed by atoms with Gasteiger partial charge < -0.3 is 5.32 Å². The molecule has 0 spiro atoms. The number of carbonyl (C=O) groups excluding carboxylic acids is 1. The lowest BCUT2D eigenvalue weighted by Crippen LogP contribution is -2.28. The first kappa shape index (κ1) is 11.7. The minimum absolute atomic E-state index is 0.203. The van der Waals surface area contributed by atoms with Crippen molar-refractivity contribution in [1.82, 2.24) is 20.5 Å². The Hall–Kier alpha value is -1.39. The Morgan fingerprint density at radius 1 is 1.53 bits per heavy atom. The number of rotatable bonds is 5. The molecule has 0 aliphatic rings. The average molecular weight is 210 g/mol. The van der Waals surface area contributed by atoms with Crippen LogP contribution in [0.15, 0.2) is 0 Å². The van der Waals surface area contributed by atoms with Crippen LogP contribution >= 0.6 is 0 Å². The van der Waals surface area contributed by atoms with Gasteiger partial charge in [0, 0.05) is 13.0 Å². The molecule has 1 aromatic rings. The van der Waals surface area contributed by atoms with Crippen molar-refractivity contribution < 1.29 is 4.79 Å². The van der Waals surface area contributed by atoms with Crippen molar-refractivity contribution in [2.75, 3.05) is 6.54 Å². The summed E-state index contributed by atoms with van der Waals surface area (Å²) in [5.41, 5.74) is 0. The lowest BCUT2D eigenvalue weighted by Gasteiger charge is -2.07. The monoisotopic (exact) mass is 210 g/mol. The van der Waals surface area contributed by atoms with E-state index in [0.29, 0.717) is 12.5 Å². The molecule has 15 heavy (non-hydrogen) atoms. The third kappa shape index (κ3) is 3.34. The van der Waals surface area contributed by atoms with Gasteiger partial charge in [-0.3, -0.25) is 9.89 Å². The molecular weight excluding hydrogens is 192 g/mol. The summed E-state index contributed by atoms with van der Waals surface area (Å²) < 4.78 is 0. The molecule has 1 atom stereocenters. The van der Waals surface area contributed by atoms with Gasteiger partial charge in [-0.05, 0) is 5.92 Å². The summed E-state index contributed by atoms with van der Waals surface area (Å²) in [7, 11) is 0. The first-order chi connectivity index (χ1) is 7.17. The highest BCUT2D eigenvalue weighted by atomic mass is 16.2. The van der Waals surface area contributed by atoms with E-state index < -0.39 is 0 Å². The molecule has 0 aromatic carbocycles. The van der Waals surface area contributed by atoms with Gasteiger partial charge in [0.1, 0.15) is 5.82 Å². The third-order valence-electron chi connectivity index (χ3n) is 2.38. The molecule has 1 heterocycles. The number of amides is 1. The first-order valence-corrected chi connectivity index (χ1v) is 5.36. The van der Waals surface area contributed by atoms with Crippen LogP contribution in [-0.2, 0) is 6.42 Å². The quantitative estimate of drug-likeness (QED) is 0.765. The van der Waals surface area contributed by atoms with E-state index in [1.807, 2.05) is 6.92 Å². The van der Waals surface area contributed by atoms with E-state index in [1.54, 1.807) is 0 Å². The van der Waals surface area contributed by atoms with Crippen LogP contribution in [0.1, 0.15) is 43.6 Å². The molecule has 1 amide bonds. The van der Waals surface area contributed by atoms with Crippen LogP contribution in [0.25, 0.3) is 0 Å². The fourth-order valence-corrected chi connectivity index (χ4v) is 1.05. The Bertz CT molecular complexity index is 321. The summed E-state index contributed by atoms with van der Waals surface area (Å²) in [6.07, 6.45) is 1.81. The topological polar surface area (TPSA) is 70.7 Å². The molecule has 0 aliphatic heterocycles. The number of H-pyrrole nitrogens is 1. The predicted molar refractivity (Wildman–Crippen MR) is 57.5 cm³/mol. The second-order valence-corrected chi connectivity index (χ2v) is 3.68. The molecule has 0 saturated heterocycles. The summed E-state index contributed by atoms with van der Waals surface area (Å²) in [6, 6.07) is 0. The SMILES string of the molecule is CCc1nc(C(=O)NCC(C)CC)n[nH]1. The normalized spacial score (nSPS) is 12.5. The van der Waals surface area contributed by atoms with Gasteiger partial charge in [-0.15, -0.1) is 5.10 Å². The van der Waals surface area contributed by atoms with Crippen LogP contribution < -0.4 is 5.32 Å². The van der Waals surface area contributed by atoms with Crippen molar-refractivity contribution >= 4 is 5.91 Å². The molecule has 0 saturated carbocycles. The second kappa shape index (κ2) is 5.48. The van der Waals surface area contributed by atoms with Crippen LogP contribution in [0.5, 0.6) is 0 Å². The summed E-state index contributed by atoms with van der Waals surface area (Å²) in [5, 5.41) is 9.36. The maximum atomic E-state index is 11.5. The van der Waals surface area contributed by atoms with Crippen LogP contribution in [0.2, 0.25) is 0 Å². The Balaban J connectivity index is 2.46. The Kier molecular flexibility index (Phi) is 4.27. The Labute approximate surface area is 89.7 Å². The lowest BCUT2D eigenvalue weighted by atomic mass is 10.1. The Morgan fingerprint density at radius 2 is 2.27 bits per heavy atom. The van der Waals surface area contributed by atoms with Crippen LogP contribution in [-0.4, -0.2) is 27.6 Å². The number of aromatic amines is 1. The van der Waals surface area contributed by atoms with E-state index in [9.17, 15) is 4.79 Å². The van der Waals surface area contributed by atoms with Gasteiger partial charge in [0.05, 0.1) is 0 Å². The highest BCUT2D eigenvalue weighted by molar-refractivity contribution is 5.90.